The molecule has 1 aromatic rings. The molecule has 0 unspecified atom stereocenters. The molecule has 34 heavy (non-hydrogen) atoms. The van der Waals surface area contributed by atoms with Crippen LogP contribution in [0, 0.1) is 11.8 Å². The molecule has 2 aliphatic heterocycles. The van der Waals surface area contributed by atoms with E-state index in [9.17, 15) is 9.90 Å². The fraction of sp³-hybridized carbons (Fsp3) is 0.750. The number of benzene rings is 1. The van der Waals surface area contributed by atoms with Gasteiger partial charge in [-0.1, -0.05) is 38.2 Å². The third-order valence-corrected chi connectivity index (χ3v) is 8.74. The summed E-state index contributed by atoms with van der Waals surface area (Å²) in [6.45, 7) is 5.75. The molecule has 2 heterocycles. The summed E-state index contributed by atoms with van der Waals surface area (Å²) >= 11 is 0. The van der Waals surface area contributed by atoms with Crippen LogP contribution in [-0.4, -0.2) is 60.9 Å². The van der Waals surface area contributed by atoms with Gasteiger partial charge in [0.05, 0.1) is 11.3 Å². The number of carbonyl (C=O) groups excluding carboxylic acids is 1. The van der Waals surface area contributed by atoms with Crippen molar-refractivity contribution in [2.24, 2.45) is 11.8 Å². The zero-order valence-electron chi connectivity index (χ0n) is 20.7. The number of Topliss-reactive ketones (excluding diaryl/α,β-unsaturated/α-hetero) is 1. The molecule has 3 fully saturated rings. The van der Waals surface area contributed by atoms with Crippen molar-refractivity contribution >= 4 is 11.5 Å². The summed E-state index contributed by atoms with van der Waals surface area (Å²) in [5.74, 6) is 3.40. The predicted molar refractivity (Wildman–Crippen MR) is 134 cm³/mol. The molecule has 0 spiro atoms. The maximum atomic E-state index is 12.6. The summed E-state index contributed by atoms with van der Waals surface area (Å²) in [5.41, 5.74) is 0.468. The lowest BCUT2D eigenvalue weighted by atomic mass is 9.76. The minimum Gasteiger partial charge on any atom is -0.454 e. The third kappa shape index (κ3) is 5.88. The number of rotatable bonds is 8. The lowest BCUT2D eigenvalue weighted by Gasteiger charge is -2.37. The average Bonchev–Trinajstić information content (AvgIpc) is 3.33. The van der Waals surface area contributed by atoms with Crippen LogP contribution < -0.4 is 14.4 Å². The molecule has 6 nitrogen and oxygen atoms in total. The number of para-hydroxylation sites is 1. The van der Waals surface area contributed by atoms with Gasteiger partial charge in [0, 0.05) is 39.0 Å². The molecule has 188 valence electrons. The van der Waals surface area contributed by atoms with Crippen molar-refractivity contribution in [2.75, 3.05) is 44.4 Å². The van der Waals surface area contributed by atoms with Gasteiger partial charge in [-0.2, -0.15) is 0 Å². The highest BCUT2D eigenvalue weighted by atomic mass is 16.7. The lowest BCUT2D eigenvalue weighted by Crippen LogP contribution is -2.47. The number of carbonyl (C=O) groups is 1. The van der Waals surface area contributed by atoms with Gasteiger partial charge in [-0.3, -0.25) is 9.69 Å². The van der Waals surface area contributed by atoms with Gasteiger partial charge in [-0.15, -0.1) is 0 Å². The summed E-state index contributed by atoms with van der Waals surface area (Å²) in [5, 5.41) is 10.7. The van der Waals surface area contributed by atoms with Gasteiger partial charge in [0.15, 0.2) is 11.5 Å². The van der Waals surface area contributed by atoms with Crippen molar-refractivity contribution in [1.82, 2.24) is 4.90 Å². The molecule has 1 aromatic carbocycles. The molecule has 0 bridgehead atoms. The van der Waals surface area contributed by atoms with Crippen LogP contribution in [0.2, 0.25) is 0 Å². The van der Waals surface area contributed by atoms with Crippen molar-refractivity contribution in [2.45, 2.75) is 82.7 Å². The van der Waals surface area contributed by atoms with Gasteiger partial charge in [0.25, 0.3) is 0 Å². The van der Waals surface area contributed by atoms with E-state index in [1.54, 1.807) is 0 Å². The summed E-state index contributed by atoms with van der Waals surface area (Å²) in [6.07, 6.45) is 12.2. The van der Waals surface area contributed by atoms with E-state index >= 15 is 0 Å². The minimum atomic E-state index is -0.697. The Labute approximate surface area is 204 Å². The van der Waals surface area contributed by atoms with Crippen LogP contribution in [0.4, 0.5) is 5.69 Å². The zero-order valence-corrected chi connectivity index (χ0v) is 20.7. The smallest absolute Gasteiger partial charge is 0.231 e. The molecule has 2 aliphatic carbocycles. The van der Waals surface area contributed by atoms with E-state index in [1.807, 2.05) is 6.07 Å². The Balaban J connectivity index is 0.988. The number of ketones is 1. The van der Waals surface area contributed by atoms with Crippen LogP contribution in [-0.2, 0) is 4.79 Å². The van der Waals surface area contributed by atoms with Crippen LogP contribution in [0.1, 0.15) is 77.0 Å². The van der Waals surface area contributed by atoms with Gasteiger partial charge in [-0.25, -0.2) is 0 Å². The molecule has 0 radical (unpaired) electrons. The molecule has 1 N–H and O–H groups in total. The standard InChI is InChI=1S/C28H42N2O4/c31-24(20-28(32)12-2-1-3-13-28)19-23-9-7-22(8-10-23)11-14-29-15-17-30(18-16-29)25-5-4-6-26-27(25)34-21-33-26/h4-6,22-23,32H,1-3,7-21H2. The monoisotopic (exact) mass is 470 g/mol. The summed E-state index contributed by atoms with van der Waals surface area (Å²) in [6, 6.07) is 6.17. The SMILES string of the molecule is O=C(CC1CCC(CCN2CCN(c3cccc4c3OCO4)CC2)CC1)CC1(O)CCCCC1. The van der Waals surface area contributed by atoms with Crippen LogP contribution in [0.5, 0.6) is 11.5 Å². The normalized spacial score (nSPS) is 27.0. The van der Waals surface area contributed by atoms with Gasteiger partial charge in [0.1, 0.15) is 5.78 Å². The van der Waals surface area contributed by atoms with Crippen molar-refractivity contribution in [1.29, 1.82) is 0 Å². The Morgan fingerprint density at radius 2 is 1.71 bits per heavy atom. The first-order valence-corrected chi connectivity index (χ1v) is 13.7. The first-order valence-electron chi connectivity index (χ1n) is 13.7. The third-order valence-electron chi connectivity index (χ3n) is 8.74. The van der Waals surface area contributed by atoms with E-state index in [0.29, 0.717) is 31.3 Å². The zero-order chi connectivity index (χ0) is 23.4. The quantitative estimate of drug-likeness (QED) is 0.590. The van der Waals surface area contributed by atoms with E-state index in [4.69, 9.17) is 9.47 Å². The molecule has 4 aliphatic rings. The first-order chi connectivity index (χ1) is 16.6. The Morgan fingerprint density at radius 3 is 2.47 bits per heavy atom. The number of piperazine rings is 1. The minimum absolute atomic E-state index is 0.298. The predicted octanol–water partition coefficient (Wildman–Crippen LogP) is 4.78. The average molecular weight is 471 g/mol. The molecule has 5 rings (SSSR count). The Hall–Kier alpha value is -1.79. The molecule has 0 atom stereocenters. The molecule has 6 heteroatoms. The summed E-state index contributed by atoms with van der Waals surface area (Å²) in [4.78, 5) is 17.6. The van der Waals surface area contributed by atoms with Gasteiger partial charge in [-0.05, 0) is 62.6 Å². The van der Waals surface area contributed by atoms with Crippen molar-refractivity contribution in [3.63, 3.8) is 0 Å². The Kier molecular flexibility index (Phi) is 7.64. The largest absolute Gasteiger partial charge is 0.454 e. The van der Waals surface area contributed by atoms with Crippen LogP contribution >= 0.6 is 0 Å². The number of ether oxygens (including phenoxy) is 2. The van der Waals surface area contributed by atoms with Crippen LogP contribution in [0.3, 0.4) is 0 Å². The van der Waals surface area contributed by atoms with Crippen molar-refractivity contribution in [3.8, 4) is 11.5 Å². The van der Waals surface area contributed by atoms with Gasteiger partial charge < -0.3 is 19.5 Å². The number of anilines is 1. The number of fused-ring (bicyclic) bond motifs is 1. The first kappa shape index (κ1) is 23.9. The number of hydrogen-bond donors (Lipinski definition) is 1. The molecule has 0 aromatic heterocycles. The van der Waals surface area contributed by atoms with Crippen molar-refractivity contribution in [3.05, 3.63) is 18.2 Å². The highest BCUT2D eigenvalue weighted by Crippen LogP contribution is 2.41. The molecule has 2 saturated carbocycles. The topological polar surface area (TPSA) is 62.2 Å². The summed E-state index contributed by atoms with van der Waals surface area (Å²) < 4.78 is 11.2. The molecule has 0 amide bonds. The Morgan fingerprint density at radius 1 is 0.971 bits per heavy atom. The Bertz CT molecular complexity index is 822. The van der Waals surface area contributed by atoms with E-state index in [-0.39, 0.29) is 0 Å². The van der Waals surface area contributed by atoms with E-state index in [0.717, 1.165) is 75.0 Å². The van der Waals surface area contributed by atoms with Crippen LogP contribution in [0.15, 0.2) is 18.2 Å². The second-order valence-corrected chi connectivity index (χ2v) is 11.2. The lowest BCUT2D eigenvalue weighted by molar-refractivity contribution is -0.126. The highest BCUT2D eigenvalue weighted by molar-refractivity contribution is 5.79. The second-order valence-electron chi connectivity index (χ2n) is 11.2. The van der Waals surface area contributed by atoms with E-state index < -0.39 is 5.60 Å². The fourth-order valence-electron chi connectivity index (χ4n) is 6.61. The van der Waals surface area contributed by atoms with Gasteiger partial charge >= 0.3 is 0 Å². The molecular formula is C28H42N2O4. The maximum Gasteiger partial charge on any atom is 0.231 e. The summed E-state index contributed by atoms with van der Waals surface area (Å²) in [7, 11) is 0. The van der Waals surface area contributed by atoms with Crippen LogP contribution in [0.25, 0.3) is 0 Å². The highest BCUT2D eigenvalue weighted by Gasteiger charge is 2.33. The fourth-order valence-corrected chi connectivity index (χ4v) is 6.61. The van der Waals surface area contributed by atoms with Crippen molar-refractivity contribution < 1.29 is 19.4 Å². The maximum absolute atomic E-state index is 12.6. The molecular weight excluding hydrogens is 428 g/mol. The molecule has 1 saturated heterocycles. The number of nitrogens with zero attached hydrogens (tertiary/aromatic N) is 2. The second kappa shape index (κ2) is 10.9. The number of aliphatic hydroxyl groups is 1. The van der Waals surface area contributed by atoms with E-state index in [2.05, 4.69) is 21.9 Å². The number of hydrogen-bond acceptors (Lipinski definition) is 6. The van der Waals surface area contributed by atoms with Gasteiger partial charge in [0.2, 0.25) is 6.79 Å². The van der Waals surface area contributed by atoms with E-state index in [1.165, 1.54) is 45.1 Å².